The van der Waals surface area contributed by atoms with Crippen molar-refractivity contribution < 1.29 is 4.79 Å². The summed E-state index contributed by atoms with van der Waals surface area (Å²) in [5, 5.41) is 4.31. The van der Waals surface area contributed by atoms with Crippen LogP contribution in [0.3, 0.4) is 0 Å². The summed E-state index contributed by atoms with van der Waals surface area (Å²) in [6, 6.07) is 6.84. The van der Waals surface area contributed by atoms with Gasteiger partial charge < -0.3 is 16.0 Å². The lowest BCUT2D eigenvalue weighted by atomic mass is 9.72. The van der Waals surface area contributed by atoms with Crippen LogP contribution in [0.5, 0.6) is 0 Å². The molecule has 2 fully saturated rings. The average Bonchev–Trinajstić information content (AvgIpc) is 3.00. The third-order valence-corrected chi connectivity index (χ3v) is 5.54. The van der Waals surface area contributed by atoms with E-state index in [1.165, 1.54) is 11.1 Å². The number of H-pyrrole nitrogens is 1. The molecular weight excluding hydrogens is 274 g/mol. The van der Waals surface area contributed by atoms with Gasteiger partial charge in [0.2, 0.25) is 0 Å². The quantitative estimate of drug-likeness (QED) is 0.797. The lowest BCUT2D eigenvalue weighted by Gasteiger charge is -2.37. The summed E-state index contributed by atoms with van der Waals surface area (Å²) < 4.78 is 0. The van der Waals surface area contributed by atoms with E-state index in [2.05, 4.69) is 36.3 Å². The highest BCUT2D eigenvalue weighted by atomic mass is 16.1. The molecule has 0 bridgehead atoms. The predicted molar refractivity (Wildman–Crippen MR) is 87.8 cm³/mol. The van der Waals surface area contributed by atoms with Crippen molar-refractivity contribution in [2.45, 2.75) is 45.2 Å². The molecule has 4 rings (SSSR count). The van der Waals surface area contributed by atoms with E-state index >= 15 is 0 Å². The molecule has 0 saturated heterocycles. The summed E-state index contributed by atoms with van der Waals surface area (Å²) >= 11 is 0. The molecule has 1 aromatic carbocycles. The highest BCUT2D eigenvalue weighted by Gasteiger charge is 2.46. The van der Waals surface area contributed by atoms with E-state index < -0.39 is 0 Å². The number of benzene rings is 1. The van der Waals surface area contributed by atoms with Crippen LogP contribution >= 0.6 is 0 Å². The number of carbonyl (C=O) groups excluding carboxylic acids is 1. The van der Waals surface area contributed by atoms with Crippen LogP contribution in [0.15, 0.2) is 18.2 Å². The molecule has 22 heavy (non-hydrogen) atoms. The van der Waals surface area contributed by atoms with Crippen molar-refractivity contribution in [1.82, 2.24) is 10.3 Å². The van der Waals surface area contributed by atoms with Crippen molar-refractivity contribution in [3.8, 4) is 0 Å². The Morgan fingerprint density at radius 1 is 1.23 bits per heavy atom. The Morgan fingerprint density at radius 3 is 2.77 bits per heavy atom. The normalized spacial score (nSPS) is 30.1. The number of aromatic amines is 1. The monoisotopic (exact) mass is 297 g/mol. The third kappa shape index (κ3) is 2.13. The minimum atomic E-state index is 0.00752. The van der Waals surface area contributed by atoms with E-state index in [0.717, 1.165) is 36.1 Å². The standard InChI is InChI=1S/C18H23N3O/c1-9-3-10(2)13-8-17(21-16(13)4-9)18(22)20-12-5-11-6-15(19)14(11)7-12/h3-4,8,11-12,14-15,21H,5-7,19H2,1-2H3,(H,20,22)/t11-,12+,14-,15+/m0/s1. The fourth-order valence-corrected chi connectivity index (χ4v) is 4.38. The second-order valence-corrected chi connectivity index (χ2v) is 7.19. The van der Waals surface area contributed by atoms with Crippen LogP contribution in [0.25, 0.3) is 10.9 Å². The van der Waals surface area contributed by atoms with Crippen LogP contribution in [0.1, 0.15) is 40.9 Å². The topological polar surface area (TPSA) is 70.9 Å². The van der Waals surface area contributed by atoms with Gasteiger partial charge in [0.25, 0.3) is 5.91 Å². The second-order valence-electron chi connectivity index (χ2n) is 7.19. The number of nitrogens with one attached hydrogen (secondary N) is 2. The molecule has 116 valence electrons. The summed E-state index contributed by atoms with van der Waals surface area (Å²) in [6.07, 6.45) is 3.25. The van der Waals surface area contributed by atoms with Gasteiger partial charge in [-0.1, -0.05) is 6.07 Å². The largest absolute Gasteiger partial charge is 0.351 e. The number of fused-ring (bicyclic) bond motifs is 2. The van der Waals surface area contributed by atoms with Gasteiger partial charge in [-0.3, -0.25) is 4.79 Å². The molecule has 2 aliphatic carbocycles. The molecule has 0 aliphatic heterocycles. The van der Waals surface area contributed by atoms with Gasteiger partial charge in [-0.15, -0.1) is 0 Å². The molecule has 4 N–H and O–H groups in total. The van der Waals surface area contributed by atoms with Crippen LogP contribution < -0.4 is 11.1 Å². The molecule has 2 saturated carbocycles. The van der Waals surface area contributed by atoms with E-state index in [1.54, 1.807) is 0 Å². The maximum absolute atomic E-state index is 12.5. The molecular formula is C18H23N3O. The fourth-order valence-electron chi connectivity index (χ4n) is 4.38. The van der Waals surface area contributed by atoms with Crippen LogP contribution in [-0.4, -0.2) is 23.0 Å². The number of rotatable bonds is 2. The van der Waals surface area contributed by atoms with E-state index in [0.29, 0.717) is 17.7 Å². The molecule has 4 heteroatoms. The Labute approximate surface area is 130 Å². The van der Waals surface area contributed by atoms with Crippen molar-refractivity contribution in [3.63, 3.8) is 0 Å². The zero-order chi connectivity index (χ0) is 15.4. The lowest BCUT2D eigenvalue weighted by Crippen LogP contribution is -2.44. The van der Waals surface area contributed by atoms with Crippen molar-refractivity contribution in [3.05, 3.63) is 35.0 Å². The predicted octanol–water partition coefficient (Wildman–Crippen LogP) is 2.64. The Balaban J connectivity index is 1.52. The van der Waals surface area contributed by atoms with E-state index in [4.69, 9.17) is 5.73 Å². The van der Waals surface area contributed by atoms with Crippen LogP contribution in [0, 0.1) is 25.7 Å². The first-order valence-corrected chi connectivity index (χ1v) is 8.17. The van der Waals surface area contributed by atoms with Gasteiger partial charge >= 0.3 is 0 Å². The summed E-state index contributed by atoms with van der Waals surface area (Å²) in [7, 11) is 0. The number of aromatic nitrogens is 1. The number of carbonyl (C=O) groups is 1. The molecule has 1 aromatic heterocycles. The SMILES string of the molecule is Cc1cc(C)c2cc(C(=O)N[C@@H]3C[C@H]4C[C@@H](N)[C@H]4C3)[nH]c2c1. The summed E-state index contributed by atoms with van der Waals surface area (Å²) in [5.41, 5.74) is 10.1. The van der Waals surface area contributed by atoms with Gasteiger partial charge in [0.05, 0.1) is 0 Å². The molecule has 2 aromatic rings. The van der Waals surface area contributed by atoms with Gasteiger partial charge in [0, 0.05) is 23.0 Å². The highest BCUT2D eigenvalue weighted by molar-refractivity contribution is 5.99. The molecule has 2 aliphatic rings. The maximum Gasteiger partial charge on any atom is 0.267 e. The highest BCUT2D eigenvalue weighted by Crippen LogP contribution is 2.46. The minimum Gasteiger partial charge on any atom is -0.351 e. The number of aryl methyl sites for hydroxylation is 2. The zero-order valence-corrected chi connectivity index (χ0v) is 13.1. The van der Waals surface area contributed by atoms with E-state index in [-0.39, 0.29) is 11.9 Å². The number of hydrogen-bond acceptors (Lipinski definition) is 2. The van der Waals surface area contributed by atoms with Crippen LogP contribution in [0.2, 0.25) is 0 Å². The maximum atomic E-state index is 12.5. The van der Waals surface area contributed by atoms with Gasteiger partial charge in [0.15, 0.2) is 0 Å². The fraction of sp³-hybridized carbons (Fsp3) is 0.500. The summed E-state index contributed by atoms with van der Waals surface area (Å²) in [5.74, 6) is 1.36. The molecule has 0 unspecified atom stereocenters. The first-order chi connectivity index (χ1) is 10.5. The van der Waals surface area contributed by atoms with Gasteiger partial charge in [0.1, 0.15) is 5.69 Å². The molecule has 4 nitrogen and oxygen atoms in total. The molecule has 1 heterocycles. The Hall–Kier alpha value is -1.81. The van der Waals surface area contributed by atoms with Gasteiger partial charge in [-0.05, 0) is 68.2 Å². The van der Waals surface area contributed by atoms with Gasteiger partial charge in [-0.2, -0.15) is 0 Å². The van der Waals surface area contributed by atoms with Crippen molar-refractivity contribution in [2.24, 2.45) is 17.6 Å². The summed E-state index contributed by atoms with van der Waals surface area (Å²) in [4.78, 5) is 15.8. The van der Waals surface area contributed by atoms with Gasteiger partial charge in [-0.25, -0.2) is 0 Å². The molecule has 4 atom stereocenters. The first kappa shape index (κ1) is 13.8. The number of nitrogens with two attached hydrogens (primary N) is 1. The Bertz CT molecular complexity index is 748. The van der Waals surface area contributed by atoms with E-state index in [1.807, 2.05) is 6.07 Å². The Kier molecular flexibility index (Phi) is 3.05. The molecule has 1 amide bonds. The average molecular weight is 297 g/mol. The minimum absolute atomic E-state index is 0.00752. The Morgan fingerprint density at radius 2 is 2.05 bits per heavy atom. The molecule has 0 spiro atoms. The first-order valence-electron chi connectivity index (χ1n) is 8.17. The van der Waals surface area contributed by atoms with E-state index in [9.17, 15) is 4.79 Å². The van der Waals surface area contributed by atoms with Crippen molar-refractivity contribution in [2.75, 3.05) is 0 Å². The van der Waals surface area contributed by atoms with Crippen LogP contribution in [0.4, 0.5) is 0 Å². The van der Waals surface area contributed by atoms with Crippen LogP contribution in [-0.2, 0) is 0 Å². The molecule has 0 radical (unpaired) electrons. The smallest absolute Gasteiger partial charge is 0.267 e. The van der Waals surface area contributed by atoms with Crippen molar-refractivity contribution in [1.29, 1.82) is 0 Å². The third-order valence-electron chi connectivity index (χ3n) is 5.54. The summed E-state index contributed by atoms with van der Waals surface area (Å²) in [6.45, 7) is 4.16. The number of hydrogen-bond donors (Lipinski definition) is 3. The zero-order valence-electron chi connectivity index (χ0n) is 13.1. The second kappa shape index (κ2) is 4.85. The lowest BCUT2D eigenvalue weighted by molar-refractivity contribution is 0.0933. The van der Waals surface area contributed by atoms with Crippen molar-refractivity contribution >= 4 is 16.8 Å². The number of amides is 1.